The van der Waals surface area contributed by atoms with Gasteiger partial charge in [-0.15, -0.1) is 0 Å². The van der Waals surface area contributed by atoms with Crippen LogP contribution < -0.4 is 10.6 Å². The first-order chi connectivity index (χ1) is 9.40. The summed E-state index contributed by atoms with van der Waals surface area (Å²) in [5, 5.41) is 14.7. The number of hydrogen-bond donors (Lipinski definition) is 3. The van der Waals surface area contributed by atoms with Crippen LogP contribution in [0.1, 0.15) is 31.7 Å². The van der Waals surface area contributed by atoms with Crippen LogP contribution in [0.25, 0.3) is 0 Å². The van der Waals surface area contributed by atoms with Crippen molar-refractivity contribution in [3.05, 3.63) is 35.9 Å². The SMILES string of the molecule is CC1(C)CC1NC(=O)NCC(C(=O)O)c1ccccc1. The summed E-state index contributed by atoms with van der Waals surface area (Å²) < 4.78 is 0. The molecule has 0 radical (unpaired) electrons. The van der Waals surface area contributed by atoms with Crippen molar-refractivity contribution in [3.8, 4) is 0 Å². The molecule has 20 heavy (non-hydrogen) atoms. The molecule has 3 N–H and O–H groups in total. The van der Waals surface area contributed by atoms with Crippen molar-refractivity contribution in [2.45, 2.75) is 32.2 Å². The molecule has 1 aromatic carbocycles. The second-order valence-electron chi connectivity index (χ2n) is 5.90. The Morgan fingerprint density at radius 3 is 2.45 bits per heavy atom. The van der Waals surface area contributed by atoms with Crippen molar-refractivity contribution >= 4 is 12.0 Å². The molecule has 0 aromatic heterocycles. The Kier molecular flexibility index (Phi) is 3.97. The third-order valence-electron chi connectivity index (χ3n) is 3.79. The van der Waals surface area contributed by atoms with Crippen LogP contribution in [0.3, 0.4) is 0 Å². The van der Waals surface area contributed by atoms with E-state index in [4.69, 9.17) is 0 Å². The number of carbonyl (C=O) groups excluding carboxylic acids is 1. The first-order valence-electron chi connectivity index (χ1n) is 6.72. The van der Waals surface area contributed by atoms with Crippen molar-refractivity contribution in [3.63, 3.8) is 0 Å². The highest BCUT2D eigenvalue weighted by atomic mass is 16.4. The number of benzene rings is 1. The largest absolute Gasteiger partial charge is 0.481 e. The maximum Gasteiger partial charge on any atom is 0.315 e. The number of carboxylic acids is 1. The van der Waals surface area contributed by atoms with E-state index in [0.717, 1.165) is 6.42 Å². The number of amides is 2. The van der Waals surface area contributed by atoms with E-state index in [2.05, 4.69) is 24.5 Å². The lowest BCUT2D eigenvalue weighted by Gasteiger charge is -2.14. The Hall–Kier alpha value is -2.04. The minimum atomic E-state index is -0.941. The Balaban J connectivity index is 1.87. The summed E-state index contributed by atoms with van der Waals surface area (Å²) in [5.74, 6) is -1.67. The molecule has 0 heterocycles. The minimum Gasteiger partial charge on any atom is -0.481 e. The molecular formula is C15H20N2O3. The number of carbonyl (C=O) groups is 2. The van der Waals surface area contributed by atoms with Gasteiger partial charge in [-0.3, -0.25) is 4.79 Å². The molecule has 0 bridgehead atoms. The summed E-state index contributed by atoms with van der Waals surface area (Å²) >= 11 is 0. The summed E-state index contributed by atoms with van der Waals surface area (Å²) in [6, 6.07) is 8.80. The molecule has 1 aromatic rings. The lowest BCUT2D eigenvalue weighted by Crippen LogP contribution is -2.41. The zero-order valence-corrected chi connectivity index (χ0v) is 11.7. The third-order valence-corrected chi connectivity index (χ3v) is 3.79. The average Bonchev–Trinajstić information content (AvgIpc) is 2.97. The molecule has 1 aliphatic carbocycles. The van der Waals surface area contributed by atoms with E-state index in [1.165, 1.54) is 0 Å². The fourth-order valence-electron chi connectivity index (χ4n) is 2.15. The standard InChI is InChI=1S/C15H20N2O3/c1-15(2)8-12(15)17-14(20)16-9-11(13(18)19)10-6-4-3-5-7-10/h3-7,11-12H,8-9H2,1-2H3,(H,18,19)(H2,16,17,20). The highest BCUT2D eigenvalue weighted by Gasteiger charge is 2.46. The van der Waals surface area contributed by atoms with Gasteiger partial charge < -0.3 is 15.7 Å². The highest BCUT2D eigenvalue weighted by Crippen LogP contribution is 2.44. The van der Waals surface area contributed by atoms with E-state index in [0.29, 0.717) is 5.56 Å². The Labute approximate surface area is 118 Å². The van der Waals surface area contributed by atoms with Gasteiger partial charge in [0, 0.05) is 12.6 Å². The van der Waals surface area contributed by atoms with Gasteiger partial charge in [0.2, 0.25) is 0 Å². The fourth-order valence-corrected chi connectivity index (χ4v) is 2.15. The summed E-state index contributed by atoms with van der Waals surface area (Å²) in [6.07, 6.45) is 0.960. The van der Waals surface area contributed by atoms with E-state index in [1.807, 2.05) is 6.07 Å². The van der Waals surface area contributed by atoms with Crippen molar-refractivity contribution in [2.24, 2.45) is 5.41 Å². The van der Waals surface area contributed by atoms with Crippen molar-refractivity contribution < 1.29 is 14.7 Å². The van der Waals surface area contributed by atoms with E-state index in [-0.39, 0.29) is 24.0 Å². The molecule has 2 amide bonds. The van der Waals surface area contributed by atoms with Crippen molar-refractivity contribution in [1.82, 2.24) is 10.6 Å². The van der Waals surface area contributed by atoms with Crippen LogP contribution in [-0.2, 0) is 4.79 Å². The first-order valence-corrected chi connectivity index (χ1v) is 6.72. The van der Waals surface area contributed by atoms with Crippen LogP contribution in [0.4, 0.5) is 4.79 Å². The normalized spacial score (nSPS) is 20.8. The maximum atomic E-state index is 11.7. The molecular weight excluding hydrogens is 256 g/mol. The Bertz CT molecular complexity index is 499. The predicted octanol–water partition coefficient (Wildman–Crippen LogP) is 1.95. The molecule has 1 saturated carbocycles. The topological polar surface area (TPSA) is 78.4 Å². The van der Waals surface area contributed by atoms with Gasteiger partial charge in [-0.1, -0.05) is 44.2 Å². The van der Waals surface area contributed by atoms with Crippen LogP contribution >= 0.6 is 0 Å². The van der Waals surface area contributed by atoms with Crippen LogP contribution in [-0.4, -0.2) is 29.7 Å². The summed E-state index contributed by atoms with van der Waals surface area (Å²) in [7, 11) is 0. The quantitative estimate of drug-likeness (QED) is 0.769. The first kappa shape index (κ1) is 14.4. The molecule has 0 saturated heterocycles. The molecule has 108 valence electrons. The number of nitrogens with one attached hydrogen (secondary N) is 2. The molecule has 5 heteroatoms. The fraction of sp³-hybridized carbons (Fsp3) is 0.467. The van der Waals surface area contributed by atoms with Crippen LogP contribution in [0.5, 0.6) is 0 Å². The third kappa shape index (κ3) is 3.50. The van der Waals surface area contributed by atoms with Gasteiger partial charge in [0.1, 0.15) is 0 Å². The van der Waals surface area contributed by atoms with Crippen molar-refractivity contribution in [1.29, 1.82) is 0 Å². The second kappa shape index (κ2) is 5.53. The number of urea groups is 1. The lowest BCUT2D eigenvalue weighted by atomic mass is 9.99. The second-order valence-corrected chi connectivity index (χ2v) is 5.90. The zero-order chi connectivity index (χ0) is 14.8. The number of hydrogen-bond acceptors (Lipinski definition) is 2. The maximum absolute atomic E-state index is 11.7. The van der Waals surface area contributed by atoms with Gasteiger partial charge in [0.15, 0.2) is 0 Å². The van der Waals surface area contributed by atoms with Gasteiger partial charge in [-0.25, -0.2) is 4.79 Å². The molecule has 1 fully saturated rings. The van der Waals surface area contributed by atoms with E-state index < -0.39 is 11.9 Å². The van der Waals surface area contributed by atoms with Crippen molar-refractivity contribution in [2.75, 3.05) is 6.54 Å². The van der Waals surface area contributed by atoms with Gasteiger partial charge in [-0.2, -0.15) is 0 Å². The lowest BCUT2D eigenvalue weighted by molar-refractivity contribution is -0.138. The van der Waals surface area contributed by atoms with Crippen LogP contribution in [0.15, 0.2) is 30.3 Å². The number of rotatable bonds is 5. The molecule has 0 aliphatic heterocycles. The molecule has 2 unspecified atom stereocenters. The predicted molar refractivity (Wildman–Crippen MR) is 75.5 cm³/mol. The van der Waals surface area contributed by atoms with Gasteiger partial charge in [0.05, 0.1) is 5.92 Å². The molecule has 2 rings (SSSR count). The van der Waals surface area contributed by atoms with Gasteiger partial charge in [-0.05, 0) is 17.4 Å². The zero-order valence-electron chi connectivity index (χ0n) is 11.7. The Morgan fingerprint density at radius 2 is 1.95 bits per heavy atom. The Morgan fingerprint density at radius 1 is 1.35 bits per heavy atom. The smallest absolute Gasteiger partial charge is 0.315 e. The summed E-state index contributed by atoms with van der Waals surface area (Å²) in [6.45, 7) is 4.25. The summed E-state index contributed by atoms with van der Waals surface area (Å²) in [4.78, 5) is 23.0. The highest BCUT2D eigenvalue weighted by molar-refractivity contribution is 5.79. The molecule has 0 spiro atoms. The molecule has 1 aliphatic rings. The van der Waals surface area contributed by atoms with Gasteiger partial charge in [0.25, 0.3) is 0 Å². The number of aliphatic carboxylic acids is 1. The average molecular weight is 276 g/mol. The molecule has 5 nitrogen and oxygen atoms in total. The monoisotopic (exact) mass is 276 g/mol. The van der Waals surface area contributed by atoms with E-state index >= 15 is 0 Å². The van der Waals surface area contributed by atoms with E-state index in [9.17, 15) is 14.7 Å². The van der Waals surface area contributed by atoms with Gasteiger partial charge >= 0.3 is 12.0 Å². The molecule has 2 atom stereocenters. The van der Waals surface area contributed by atoms with E-state index in [1.54, 1.807) is 24.3 Å². The van der Waals surface area contributed by atoms with Crippen LogP contribution in [0.2, 0.25) is 0 Å². The summed E-state index contributed by atoms with van der Waals surface area (Å²) in [5.41, 5.74) is 0.843. The minimum absolute atomic E-state index is 0.0817. The number of carboxylic acid groups (broad SMARTS) is 1. The van der Waals surface area contributed by atoms with Crippen LogP contribution in [0, 0.1) is 5.41 Å².